The molecule has 0 spiro atoms. The van der Waals surface area contributed by atoms with Crippen molar-refractivity contribution in [3.05, 3.63) is 60.2 Å². The average Bonchev–Trinajstić information content (AvgIpc) is 2.82. The first-order valence-corrected chi connectivity index (χ1v) is 11.3. The summed E-state index contributed by atoms with van der Waals surface area (Å²) in [6.07, 6.45) is 2.14. The monoisotopic (exact) mass is 417 g/mol. The number of piperazine rings is 1. The third-order valence-corrected chi connectivity index (χ3v) is 5.96. The number of aromatic nitrogens is 1. The quantitative estimate of drug-likeness (QED) is 0.570. The standard InChI is InChI=1S/C26H31N3O2/c1-3-22-18-27-14-15-29(22)26-23-11-6-5-9-20(23)17-24(28-26)21-10-7-8-19(16-21)12-13-25(30)31-4-2/h5-11,16-17,22,27H,3-4,12-15,18H2,1-2H3. The van der Waals surface area contributed by atoms with Gasteiger partial charge < -0.3 is 15.0 Å². The van der Waals surface area contributed by atoms with Crippen molar-refractivity contribution in [1.82, 2.24) is 10.3 Å². The van der Waals surface area contributed by atoms with Gasteiger partial charge in [-0.1, -0.05) is 49.4 Å². The number of hydrogen-bond acceptors (Lipinski definition) is 5. The zero-order chi connectivity index (χ0) is 21.6. The minimum Gasteiger partial charge on any atom is -0.466 e. The Hall–Kier alpha value is -2.92. The largest absolute Gasteiger partial charge is 0.466 e. The Bertz CT molecular complexity index is 1050. The van der Waals surface area contributed by atoms with Gasteiger partial charge in [-0.15, -0.1) is 0 Å². The first-order valence-electron chi connectivity index (χ1n) is 11.3. The first-order chi connectivity index (χ1) is 15.2. The van der Waals surface area contributed by atoms with E-state index in [1.54, 1.807) is 0 Å². The molecular weight excluding hydrogens is 386 g/mol. The second-order valence-corrected chi connectivity index (χ2v) is 8.02. The van der Waals surface area contributed by atoms with Crippen LogP contribution in [0, 0.1) is 0 Å². The van der Waals surface area contributed by atoms with Gasteiger partial charge in [-0.05, 0) is 42.8 Å². The van der Waals surface area contributed by atoms with E-state index in [9.17, 15) is 4.79 Å². The molecule has 2 heterocycles. The van der Waals surface area contributed by atoms with E-state index in [4.69, 9.17) is 9.72 Å². The third-order valence-electron chi connectivity index (χ3n) is 5.96. The van der Waals surface area contributed by atoms with Gasteiger partial charge >= 0.3 is 5.97 Å². The lowest BCUT2D eigenvalue weighted by molar-refractivity contribution is -0.143. The smallest absolute Gasteiger partial charge is 0.306 e. The van der Waals surface area contributed by atoms with Crippen LogP contribution in [0.4, 0.5) is 5.82 Å². The molecule has 0 radical (unpaired) electrons. The Morgan fingerprint density at radius 3 is 2.87 bits per heavy atom. The molecule has 0 saturated carbocycles. The van der Waals surface area contributed by atoms with E-state index >= 15 is 0 Å². The van der Waals surface area contributed by atoms with Crippen molar-refractivity contribution < 1.29 is 9.53 Å². The molecule has 5 heteroatoms. The molecule has 1 fully saturated rings. The third kappa shape index (κ3) is 4.88. The predicted molar refractivity (Wildman–Crippen MR) is 126 cm³/mol. The van der Waals surface area contributed by atoms with Crippen LogP contribution in [0.1, 0.15) is 32.3 Å². The molecule has 0 aliphatic carbocycles. The number of rotatable bonds is 7. The number of esters is 1. The van der Waals surface area contributed by atoms with Crippen LogP contribution in [-0.2, 0) is 16.0 Å². The number of benzene rings is 2. The molecule has 31 heavy (non-hydrogen) atoms. The molecule has 1 N–H and O–H groups in total. The second-order valence-electron chi connectivity index (χ2n) is 8.02. The number of nitrogens with one attached hydrogen (secondary N) is 1. The molecule has 1 aliphatic rings. The summed E-state index contributed by atoms with van der Waals surface area (Å²) in [4.78, 5) is 19.4. The van der Waals surface area contributed by atoms with Crippen LogP contribution in [0.25, 0.3) is 22.0 Å². The summed E-state index contributed by atoms with van der Waals surface area (Å²) in [5, 5.41) is 5.91. The lowest BCUT2D eigenvalue weighted by Crippen LogP contribution is -2.51. The highest BCUT2D eigenvalue weighted by Gasteiger charge is 2.24. The number of anilines is 1. The van der Waals surface area contributed by atoms with Crippen LogP contribution in [0.2, 0.25) is 0 Å². The zero-order valence-corrected chi connectivity index (χ0v) is 18.4. The van der Waals surface area contributed by atoms with Gasteiger partial charge in [-0.2, -0.15) is 0 Å². The van der Waals surface area contributed by atoms with Gasteiger partial charge in [0.15, 0.2) is 0 Å². The van der Waals surface area contributed by atoms with E-state index in [0.29, 0.717) is 25.5 Å². The summed E-state index contributed by atoms with van der Waals surface area (Å²) in [6, 6.07) is 19.5. The Labute approximate surface area is 184 Å². The zero-order valence-electron chi connectivity index (χ0n) is 18.4. The molecule has 1 aromatic heterocycles. The molecule has 5 nitrogen and oxygen atoms in total. The maximum atomic E-state index is 11.8. The number of carbonyl (C=O) groups is 1. The number of fused-ring (bicyclic) bond motifs is 1. The summed E-state index contributed by atoms with van der Waals surface area (Å²) < 4.78 is 5.07. The fraction of sp³-hybridized carbons (Fsp3) is 0.385. The van der Waals surface area contributed by atoms with Crippen LogP contribution in [0.3, 0.4) is 0 Å². The Kier molecular flexibility index (Phi) is 6.82. The molecule has 1 saturated heterocycles. The van der Waals surface area contributed by atoms with Gasteiger partial charge in [0.2, 0.25) is 0 Å². The van der Waals surface area contributed by atoms with Crippen LogP contribution in [0.15, 0.2) is 54.6 Å². The molecule has 0 bridgehead atoms. The fourth-order valence-electron chi connectivity index (χ4n) is 4.32. The predicted octanol–water partition coefficient (Wildman–Crippen LogP) is 4.59. The topological polar surface area (TPSA) is 54.5 Å². The number of hydrogen-bond donors (Lipinski definition) is 1. The summed E-state index contributed by atoms with van der Waals surface area (Å²) in [5.74, 6) is 0.918. The van der Waals surface area contributed by atoms with Crippen molar-refractivity contribution in [2.75, 3.05) is 31.1 Å². The van der Waals surface area contributed by atoms with Gasteiger partial charge in [-0.25, -0.2) is 4.98 Å². The summed E-state index contributed by atoms with van der Waals surface area (Å²) in [5.41, 5.74) is 3.17. The highest BCUT2D eigenvalue weighted by atomic mass is 16.5. The van der Waals surface area contributed by atoms with Crippen molar-refractivity contribution in [1.29, 1.82) is 0 Å². The Morgan fingerprint density at radius 1 is 1.16 bits per heavy atom. The van der Waals surface area contributed by atoms with E-state index in [-0.39, 0.29) is 5.97 Å². The highest BCUT2D eigenvalue weighted by molar-refractivity contribution is 5.95. The average molecular weight is 418 g/mol. The number of pyridine rings is 1. The normalized spacial score (nSPS) is 16.5. The van der Waals surface area contributed by atoms with Crippen LogP contribution in [-0.4, -0.2) is 43.2 Å². The van der Waals surface area contributed by atoms with Crippen molar-refractivity contribution in [3.63, 3.8) is 0 Å². The van der Waals surface area contributed by atoms with Crippen molar-refractivity contribution >= 4 is 22.6 Å². The molecule has 1 aliphatic heterocycles. The molecule has 1 unspecified atom stereocenters. The molecule has 1 atom stereocenters. The van der Waals surface area contributed by atoms with Gasteiger partial charge in [0.05, 0.1) is 12.3 Å². The molecule has 0 amide bonds. The maximum Gasteiger partial charge on any atom is 0.306 e. The van der Waals surface area contributed by atoms with E-state index in [0.717, 1.165) is 48.7 Å². The maximum absolute atomic E-state index is 11.8. The highest BCUT2D eigenvalue weighted by Crippen LogP contribution is 2.32. The van der Waals surface area contributed by atoms with Crippen LogP contribution >= 0.6 is 0 Å². The van der Waals surface area contributed by atoms with E-state index in [2.05, 4.69) is 65.7 Å². The van der Waals surface area contributed by atoms with E-state index < -0.39 is 0 Å². The van der Waals surface area contributed by atoms with Crippen LogP contribution in [0.5, 0.6) is 0 Å². The number of nitrogens with zero attached hydrogens (tertiary/aromatic N) is 2. The second kappa shape index (κ2) is 9.92. The lowest BCUT2D eigenvalue weighted by Gasteiger charge is -2.37. The minimum absolute atomic E-state index is 0.150. The minimum atomic E-state index is -0.150. The van der Waals surface area contributed by atoms with Gasteiger partial charge in [0.25, 0.3) is 0 Å². The summed E-state index contributed by atoms with van der Waals surface area (Å²) >= 11 is 0. The molecular formula is C26H31N3O2. The first kappa shape index (κ1) is 21.3. The fourth-order valence-corrected chi connectivity index (χ4v) is 4.32. The van der Waals surface area contributed by atoms with Gasteiger partial charge in [-0.3, -0.25) is 4.79 Å². The number of ether oxygens (including phenoxy) is 1. The Balaban J connectivity index is 1.70. The summed E-state index contributed by atoms with van der Waals surface area (Å²) in [6.45, 7) is 7.42. The molecule has 4 rings (SSSR count). The number of aryl methyl sites for hydroxylation is 1. The van der Waals surface area contributed by atoms with Gasteiger partial charge in [0, 0.05) is 43.0 Å². The summed E-state index contributed by atoms with van der Waals surface area (Å²) in [7, 11) is 0. The van der Waals surface area contributed by atoms with Crippen molar-refractivity contribution in [3.8, 4) is 11.3 Å². The van der Waals surface area contributed by atoms with Crippen LogP contribution < -0.4 is 10.2 Å². The Morgan fingerprint density at radius 2 is 2.03 bits per heavy atom. The van der Waals surface area contributed by atoms with Crippen molar-refractivity contribution in [2.24, 2.45) is 0 Å². The van der Waals surface area contributed by atoms with E-state index in [1.807, 2.05) is 13.0 Å². The molecule has 2 aromatic carbocycles. The van der Waals surface area contributed by atoms with Crippen molar-refractivity contribution in [2.45, 2.75) is 39.2 Å². The van der Waals surface area contributed by atoms with Gasteiger partial charge in [0.1, 0.15) is 5.82 Å². The lowest BCUT2D eigenvalue weighted by atomic mass is 10.0. The molecule has 162 valence electrons. The SMILES string of the molecule is CCOC(=O)CCc1cccc(-c2cc3ccccc3c(N3CCNCC3CC)n2)c1. The van der Waals surface area contributed by atoms with E-state index in [1.165, 1.54) is 10.8 Å². The molecule has 3 aromatic rings. The number of carbonyl (C=O) groups excluding carboxylic acids is 1.